The SMILES string of the molecule is CC(C(N)=S)N1CCN(CC(=O)NC2CC2)CC1. The number of rotatable bonds is 5. The van der Waals surface area contributed by atoms with E-state index in [1.807, 2.05) is 6.92 Å². The molecule has 0 aromatic carbocycles. The minimum absolute atomic E-state index is 0.155. The fraction of sp³-hybridized carbons (Fsp3) is 0.833. The third-order valence-corrected chi connectivity index (χ3v) is 4.02. The van der Waals surface area contributed by atoms with Gasteiger partial charge in [-0.25, -0.2) is 0 Å². The van der Waals surface area contributed by atoms with E-state index in [1.54, 1.807) is 0 Å². The molecular formula is C12H22N4OS. The van der Waals surface area contributed by atoms with Crippen molar-refractivity contribution in [3.8, 4) is 0 Å². The van der Waals surface area contributed by atoms with Gasteiger partial charge < -0.3 is 11.1 Å². The van der Waals surface area contributed by atoms with Gasteiger partial charge in [0.2, 0.25) is 5.91 Å². The molecule has 0 spiro atoms. The van der Waals surface area contributed by atoms with E-state index in [2.05, 4.69) is 15.1 Å². The molecule has 3 N–H and O–H groups in total. The molecule has 2 aliphatic rings. The van der Waals surface area contributed by atoms with Crippen LogP contribution in [0.3, 0.4) is 0 Å². The summed E-state index contributed by atoms with van der Waals surface area (Å²) in [4.78, 5) is 16.7. The van der Waals surface area contributed by atoms with E-state index in [0.717, 1.165) is 39.0 Å². The Balaban J connectivity index is 1.69. The molecule has 0 radical (unpaired) electrons. The molecule has 1 amide bonds. The monoisotopic (exact) mass is 270 g/mol. The summed E-state index contributed by atoms with van der Waals surface area (Å²) >= 11 is 5.01. The molecule has 0 bridgehead atoms. The molecular weight excluding hydrogens is 248 g/mol. The summed E-state index contributed by atoms with van der Waals surface area (Å²) in [6.45, 7) is 6.23. The fourth-order valence-electron chi connectivity index (χ4n) is 2.19. The molecule has 1 aliphatic heterocycles. The Kier molecular flexibility index (Phi) is 4.53. The van der Waals surface area contributed by atoms with Crippen LogP contribution in [0.5, 0.6) is 0 Å². The second-order valence-electron chi connectivity index (χ2n) is 5.23. The van der Waals surface area contributed by atoms with Gasteiger partial charge in [-0.05, 0) is 19.8 Å². The van der Waals surface area contributed by atoms with Crippen LogP contribution in [0.4, 0.5) is 0 Å². The molecule has 1 aliphatic carbocycles. The van der Waals surface area contributed by atoms with Gasteiger partial charge in [0, 0.05) is 32.2 Å². The van der Waals surface area contributed by atoms with Crippen LogP contribution in [0.1, 0.15) is 19.8 Å². The number of carbonyl (C=O) groups excluding carboxylic acids is 1. The van der Waals surface area contributed by atoms with Crippen LogP contribution in [-0.4, -0.2) is 65.5 Å². The summed E-state index contributed by atoms with van der Waals surface area (Å²) in [5, 5.41) is 3.02. The first kappa shape index (κ1) is 13.7. The first-order valence-corrected chi connectivity index (χ1v) is 7.02. The Morgan fingerprint density at radius 1 is 1.39 bits per heavy atom. The Morgan fingerprint density at radius 3 is 2.50 bits per heavy atom. The van der Waals surface area contributed by atoms with Crippen molar-refractivity contribution in [3.05, 3.63) is 0 Å². The molecule has 1 heterocycles. The van der Waals surface area contributed by atoms with Crippen LogP contribution in [-0.2, 0) is 4.79 Å². The van der Waals surface area contributed by atoms with Gasteiger partial charge in [-0.2, -0.15) is 0 Å². The second kappa shape index (κ2) is 5.95. The molecule has 2 rings (SSSR count). The van der Waals surface area contributed by atoms with Gasteiger partial charge in [0.25, 0.3) is 0 Å². The minimum atomic E-state index is 0.155. The lowest BCUT2D eigenvalue weighted by molar-refractivity contribution is -0.122. The van der Waals surface area contributed by atoms with Crippen molar-refractivity contribution in [1.29, 1.82) is 0 Å². The third-order valence-electron chi connectivity index (χ3n) is 3.68. The maximum atomic E-state index is 11.7. The van der Waals surface area contributed by atoms with Crippen molar-refractivity contribution in [1.82, 2.24) is 15.1 Å². The first-order valence-electron chi connectivity index (χ1n) is 6.61. The lowest BCUT2D eigenvalue weighted by Crippen LogP contribution is -2.54. The van der Waals surface area contributed by atoms with Gasteiger partial charge in [0.05, 0.1) is 17.6 Å². The van der Waals surface area contributed by atoms with E-state index in [1.165, 1.54) is 0 Å². The standard InChI is InChI=1S/C12H22N4OS/c1-9(12(13)18)16-6-4-15(5-7-16)8-11(17)14-10-2-3-10/h9-10H,2-8H2,1H3,(H2,13,18)(H,14,17). The molecule has 0 aromatic rings. The summed E-state index contributed by atoms with van der Waals surface area (Å²) in [6, 6.07) is 0.607. The number of thiocarbonyl (C=S) groups is 1. The number of amides is 1. The Bertz CT molecular complexity index is 324. The van der Waals surface area contributed by atoms with Crippen LogP contribution < -0.4 is 11.1 Å². The van der Waals surface area contributed by atoms with Crippen LogP contribution in [0.15, 0.2) is 0 Å². The molecule has 0 aromatic heterocycles. The lowest BCUT2D eigenvalue weighted by atomic mass is 10.2. The predicted octanol–water partition coefficient (Wildman–Crippen LogP) is -0.443. The van der Waals surface area contributed by atoms with Gasteiger partial charge >= 0.3 is 0 Å². The van der Waals surface area contributed by atoms with Crippen LogP contribution >= 0.6 is 12.2 Å². The predicted molar refractivity (Wildman–Crippen MR) is 75.4 cm³/mol. The van der Waals surface area contributed by atoms with Gasteiger partial charge in [0.1, 0.15) is 0 Å². The highest BCUT2D eigenvalue weighted by Gasteiger charge is 2.26. The van der Waals surface area contributed by atoms with E-state index in [-0.39, 0.29) is 11.9 Å². The molecule has 2 fully saturated rings. The maximum Gasteiger partial charge on any atom is 0.234 e. The number of nitrogens with zero attached hydrogens (tertiary/aromatic N) is 2. The summed E-state index contributed by atoms with van der Waals surface area (Å²) in [5.41, 5.74) is 5.66. The highest BCUT2D eigenvalue weighted by atomic mass is 32.1. The zero-order chi connectivity index (χ0) is 13.1. The summed E-state index contributed by atoms with van der Waals surface area (Å²) < 4.78 is 0. The quantitative estimate of drug-likeness (QED) is 0.663. The average molecular weight is 270 g/mol. The van der Waals surface area contributed by atoms with Crippen molar-refractivity contribution in [2.24, 2.45) is 5.73 Å². The normalized spacial score (nSPS) is 23.6. The number of hydrogen-bond donors (Lipinski definition) is 2. The van der Waals surface area contributed by atoms with Crippen LogP contribution in [0.25, 0.3) is 0 Å². The Morgan fingerprint density at radius 2 is 2.00 bits per heavy atom. The zero-order valence-electron chi connectivity index (χ0n) is 10.9. The highest BCUT2D eigenvalue weighted by molar-refractivity contribution is 7.80. The van der Waals surface area contributed by atoms with E-state index >= 15 is 0 Å². The first-order chi connectivity index (χ1) is 8.56. The summed E-state index contributed by atoms with van der Waals surface area (Å²) in [5.74, 6) is 0.161. The number of nitrogens with one attached hydrogen (secondary N) is 1. The van der Waals surface area contributed by atoms with Gasteiger partial charge in [-0.15, -0.1) is 0 Å². The van der Waals surface area contributed by atoms with Gasteiger partial charge in [-0.1, -0.05) is 12.2 Å². The summed E-state index contributed by atoms with van der Waals surface area (Å²) in [7, 11) is 0. The third kappa shape index (κ3) is 3.90. The van der Waals surface area contributed by atoms with Crippen molar-refractivity contribution >= 4 is 23.1 Å². The van der Waals surface area contributed by atoms with Gasteiger partial charge in [0.15, 0.2) is 0 Å². The molecule has 1 unspecified atom stereocenters. The van der Waals surface area contributed by atoms with Crippen molar-refractivity contribution in [2.75, 3.05) is 32.7 Å². The van der Waals surface area contributed by atoms with Crippen molar-refractivity contribution in [2.45, 2.75) is 31.8 Å². The molecule has 1 atom stereocenters. The lowest BCUT2D eigenvalue weighted by Gasteiger charge is -2.37. The number of hydrogen-bond acceptors (Lipinski definition) is 4. The van der Waals surface area contributed by atoms with Gasteiger partial charge in [-0.3, -0.25) is 14.6 Å². The second-order valence-corrected chi connectivity index (χ2v) is 5.70. The molecule has 6 heteroatoms. The number of piperazine rings is 1. The Labute approximate surface area is 114 Å². The van der Waals surface area contributed by atoms with E-state index < -0.39 is 0 Å². The molecule has 18 heavy (non-hydrogen) atoms. The topological polar surface area (TPSA) is 61.6 Å². The molecule has 102 valence electrons. The van der Waals surface area contributed by atoms with Crippen molar-refractivity contribution in [3.63, 3.8) is 0 Å². The van der Waals surface area contributed by atoms with Crippen LogP contribution in [0, 0.1) is 0 Å². The largest absolute Gasteiger partial charge is 0.392 e. The van der Waals surface area contributed by atoms with E-state index in [9.17, 15) is 4.79 Å². The fourth-order valence-corrected chi connectivity index (χ4v) is 2.34. The molecule has 1 saturated carbocycles. The van der Waals surface area contributed by atoms with Crippen molar-refractivity contribution < 1.29 is 4.79 Å². The average Bonchev–Trinajstić information content (AvgIpc) is 3.12. The zero-order valence-corrected chi connectivity index (χ0v) is 11.7. The highest BCUT2D eigenvalue weighted by Crippen LogP contribution is 2.18. The minimum Gasteiger partial charge on any atom is -0.392 e. The van der Waals surface area contributed by atoms with E-state index in [4.69, 9.17) is 18.0 Å². The summed E-state index contributed by atoms with van der Waals surface area (Å²) in [6.07, 6.45) is 2.29. The maximum absolute atomic E-state index is 11.7. The smallest absolute Gasteiger partial charge is 0.234 e. The number of carbonyl (C=O) groups is 1. The number of nitrogens with two attached hydrogens (primary N) is 1. The molecule has 5 nitrogen and oxygen atoms in total. The molecule has 1 saturated heterocycles. The van der Waals surface area contributed by atoms with E-state index in [0.29, 0.717) is 17.6 Å². The Hall–Kier alpha value is -0.720. The van der Waals surface area contributed by atoms with Crippen LogP contribution in [0.2, 0.25) is 0 Å².